The molecule has 0 saturated heterocycles. The van der Waals surface area contributed by atoms with Crippen LogP contribution in [0.15, 0.2) is 36.4 Å². The number of aryl methyl sites for hydroxylation is 1. The maximum Gasteiger partial charge on any atom is 0.225 e. The second-order valence-corrected chi connectivity index (χ2v) is 6.83. The fraction of sp³-hybridized carbons (Fsp3) is 0.500. The highest BCUT2D eigenvalue weighted by Crippen LogP contribution is 2.22. The lowest BCUT2D eigenvalue weighted by Gasteiger charge is -2.19. The molecule has 4 nitrogen and oxygen atoms in total. The van der Waals surface area contributed by atoms with Crippen molar-refractivity contribution in [3.05, 3.63) is 47.7 Å². The van der Waals surface area contributed by atoms with E-state index < -0.39 is 0 Å². The standard InChI is InChI=1S/C20H28N4/c1-15-14-19(22-16(2)17-10-6-5-7-11-17)24-20(21-15)23-18-12-8-3-4-9-13-18/h5-7,10-11,14,16,18H,3-4,8-9,12-13H2,1-2H3,(H2,21,22,23,24). The maximum absolute atomic E-state index is 4.69. The molecule has 4 heteroatoms. The van der Waals surface area contributed by atoms with Gasteiger partial charge in [0, 0.05) is 23.8 Å². The Morgan fingerprint density at radius 2 is 1.71 bits per heavy atom. The molecule has 0 spiro atoms. The zero-order valence-electron chi connectivity index (χ0n) is 14.8. The zero-order chi connectivity index (χ0) is 16.8. The number of rotatable bonds is 5. The molecule has 1 atom stereocenters. The average molecular weight is 324 g/mol. The van der Waals surface area contributed by atoms with Gasteiger partial charge in [-0.3, -0.25) is 0 Å². The average Bonchev–Trinajstić information content (AvgIpc) is 2.84. The summed E-state index contributed by atoms with van der Waals surface area (Å²) in [7, 11) is 0. The molecule has 0 aliphatic heterocycles. The van der Waals surface area contributed by atoms with Crippen molar-refractivity contribution in [2.24, 2.45) is 0 Å². The van der Waals surface area contributed by atoms with Gasteiger partial charge in [0.2, 0.25) is 5.95 Å². The van der Waals surface area contributed by atoms with Crippen molar-refractivity contribution in [3.63, 3.8) is 0 Å². The van der Waals surface area contributed by atoms with Gasteiger partial charge in [-0.05, 0) is 32.3 Å². The van der Waals surface area contributed by atoms with E-state index in [1.807, 2.05) is 19.1 Å². The SMILES string of the molecule is Cc1cc(NC(C)c2ccccc2)nc(NC2CCCCCC2)n1. The Hall–Kier alpha value is -2.10. The molecule has 1 fully saturated rings. The molecule has 3 rings (SSSR count). The molecule has 2 N–H and O–H groups in total. The van der Waals surface area contributed by atoms with Gasteiger partial charge in [-0.25, -0.2) is 4.98 Å². The molecule has 1 aliphatic carbocycles. The van der Waals surface area contributed by atoms with Crippen LogP contribution in [0.1, 0.15) is 62.7 Å². The van der Waals surface area contributed by atoms with Gasteiger partial charge in [0.25, 0.3) is 0 Å². The van der Waals surface area contributed by atoms with E-state index in [0.29, 0.717) is 6.04 Å². The van der Waals surface area contributed by atoms with E-state index in [1.54, 1.807) is 0 Å². The van der Waals surface area contributed by atoms with Crippen LogP contribution < -0.4 is 10.6 Å². The predicted octanol–water partition coefficient (Wildman–Crippen LogP) is 5.09. The lowest BCUT2D eigenvalue weighted by Crippen LogP contribution is -2.20. The molecule has 0 radical (unpaired) electrons. The first-order valence-electron chi connectivity index (χ1n) is 9.14. The molecule has 1 aromatic carbocycles. The van der Waals surface area contributed by atoms with Crippen molar-refractivity contribution >= 4 is 11.8 Å². The molecule has 1 saturated carbocycles. The Morgan fingerprint density at radius 1 is 1.00 bits per heavy atom. The molecule has 0 amide bonds. The third-order valence-corrected chi connectivity index (χ3v) is 4.71. The Balaban J connectivity index is 1.69. The highest BCUT2D eigenvalue weighted by molar-refractivity contribution is 5.44. The van der Waals surface area contributed by atoms with Crippen molar-refractivity contribution in [2.75, 3.05) is 10.6 Å². The van der Waals surface area contributed by atoms with Crippen LogP contribution in [-0.2, 0) is 0 Å². The fourth-order valence-corrected chi connectivity index (χ4v) is 3.36. The molecular weight excluding hydrogens is 296 g/mol. The van der Waals surface area contributed by atoms with Gasteiger partial charge >= 0.3 is 0 Å². The summed E-state index contributed by atoms with van der Waals surface area (Å²) in [5, 5.41) is 7.05. The highest BCUT2D eigenvalue weighted by Gasteiger charge is 2.14. The van der Waals surface area contributed by atoms with Gasteiger partial charge in [-0.15, -0.1) is 0 Å². The van der Waals surface area contributed by atoms with Crippen LogP contribution in [0.5, 0.6) is 0 Å². The van der Waals surface area contributed by atoms with Gasteiger partial charge in [-0.2, -0.15) is 4.98 Å². The number of hydrogen-bond acceptors (Lipinski definition) is 4. The number of anilines is 2. The summed E-state index contributed by atoms with van der Waals surface area (Å²) >= 11 is 0. The van der Waals surface area contributed by atoms with E-state index in [2.05, 4.69) is 46.8 Å². The van der Waals surface area contributed by atoms with Gasteiger partial charge in [0.05, 0.1) is 0 Å². The lowest BCUT2D eigenvalue weighted by molar-refractivity contribution is 0.614. The zero-order valence-corrected chi connectivity index (χ0v) is 14.8. The van der Waals surface area contributed by atoms with Crippen LogP contribution in [-0.4, -0.2) is 16.0 Å². The lowest BCUT2D eigenvalue weighted by atomic mass is 10.1. The molecule has 0 bridgehead atoms. The van der Waals surface area contributed by atoms with Gasteiger partial charge in [0.15, 0.2) is 0 Å². The normalized spacial score (nSPS) is 17.1. The summed E-state index contributed by atoms with van der Waals surface area (Å²) in [6.45, 7) is 4.18. The smallest absolute Gasteiger partial charge is 0.225 e. The van der Waals surface area contributed by atoms with Crippen LogP contribution in [0, 0.1) is 6.92 Å². The van der Waals surface area contributed by atoms with Gasteiger partial charge in [0.1, 0.15) is 5.82 Å². The van der Waals surface area contributed by atoms with E-state index in [0.717, 1.165) is 17.5 Å². The Bertz CT molecular complexity index is 633. The van der Waals surface area contributed by atoms with Crippen LogP contribution in [0.25, 0.3) is 0 Å². The molecule has 1 heterocycles. The summed E-state index contributed by atoms with van der Waals surface area (Å²) in [5.74, 6) is 1.64. The van der Waals surface area contributed by atoms with E-state index >= 15 is 0 Å². The fourth-order valence-electron chi connectivity index (χ4n) is 3.36. The van der Waals surface area contributed by atoms with Crippen molar-refractivity contribution in [1.82, 2.24) is 9.97 Å². The largest absolute Gasteiger partial charge is 0.363 e. The van der Waals surface area contributed by atoms with E-state index in [4.69, 9.17) is 4.98 Å². The minimum atomic E-state index is 0.214. The van der Waals surface area contributed by atoms with E-state index in [1.165, 1.54) is 44.1 Å². The Kier molecular flexibility index (Phi) is 5.68. The molecule has 1 aliphatic rings. The van der Waals surface area contributed by atoms with Gasteiger partial charge < -0.3 is 10.6 Å². The Labute approximate surface area is 145 Å². The number of nitrogens with zero attached hydrogens (tertiary/aromatic N) is 2. The highest BCUT2D eigenvalue weighted by atomic mass is 15.2. The second kappa shape index (κ2) is 8.13. The molecule has 24 heavy (non-hydrogen) atoms. The number of hydrogen-bond donors (Lipinski definition) is 2. The third-order valence-electron chi connectivity index (χ3n) is 4.71. The van der Waals surface area contributed by atoms with Crippen LogP contribution in [0.2, 0.25) is 0 Å². The first kappa shape index (κ1) is 16.7. The van der Waals surface area contributed by atoms with Crippen molar-refractivity contribution in [1.29, 1.82) is 0 Å². The minimum absolute atomic E-state index is 0.214. The Morgan fingerprint density at radius 3 is 2.42 bits per heavy atom. The molecule has 128 valence electrons. The summed E-state index contributed by atoms with van der Waals surface area (Å²) in [5.41, 5.74) is 2.25. The van der Waals surface area contributed by atoms with Crippen LogP contribution >= 0.6 is 0 Å². The van der Waals surface area contributed by atoms with Crippen molar-refractivity contribution < 1.29 is 0 Å². The summed E-state index contributed by atoms with van der Waals surface area (Å²) in [6.07, 6.45) is 7.77. The van der Waals surface area contributed by atoms with Gasteiger partial charge in [-0.1, -0.05) is 56.0 Å². The predicted molar refractivity (Wildman–Crippen MR) is 100 cm³/mol. The minimum Gasteiger partial charge on any atom is -0.363 e. The molecule has 2 aromatic rings. The third kappa shape index (κ3) is 4.70. The first-order chi connectivity index (χ1) is 11.7. The monoisotopic (exact) mass is 324 g/mol. The topological polar surface area (TPSA) is 49.8 Å². The number of nitrogens with one attached hydrogen (secondary N) is 2. The maximum atomic E-state index is 4.69. The first-order valence-corrected chi connectivity index (χ1v) is 9.14. The van der Waals surface area contributed by atoms with E-state index in [9.17, 15) is 0 Å². The molecular formula is C20H28N4. The number of aromatic nitrogens is 2. The van der Waals surface area contributed by atoms with Crippen LogP contribution in [0.4, 0.5) is 11.8 Å². The van der Waals surface area contributed by atoms with E-state index in [-0.39, 0.29) is 6.04 Å². The summed E-state index contributed by atoms with van der Waals surface area (Å²) in [6, 6.07) is 13.2. The van der Waals surface area contributed by atoms with Crippen LogP contribution in [0.3, 0.4) is 0 Å². The molecule has 1 unspecified atom stereocenters. The van der Waals surface area contributed by atoms with Crippen molar-refractivity contribution in [3.8, 4) is 0 Å². The quantitative estimate of drug-likeness (QED) is 0.752. The summed E-state index contributed by atoms with van der Waals surface area (Å²) < 4.78 is 0. The van der Waals surface area contributed by atoms with Crippen molar-refractivity contribution in [2.45, 2.75) is 64.5 Å². The molecule has 1 aromatic heterocycles. The second-order valence-electron chi connectivity index (χ2n) is 6.83. The number of benzene rings is 1. The summed E-state index contributed by atoms with van der Waals surface area (Å²) in [4.78, 5) is 9.27.